The monoisotopic (exact) mass is 264 g/mol. The molecule has 0 aromatic heterocycles. The number of para-hydroxylation sites is 2. The molecule has 1 rings (SSSR count). The summed E-state index contributed by atoms with van der Waals surface area (Å²) < 4.78 is 5.52. The van der Waals surface area contributed by atoms with Crippen LogP contribution in [-0.2, 0) is 4.79 Å². The number of benzene rings is 1. The highest BCUT2D eigenvalue weighted by atomic mass is 16.5. The Hall–Kier alpha value is -1.71. The fourth-order valence-electron chi connectivity index (χ4n) is 1.89. The van der Waals surface area contributed by atoms with Crippen LogP contribution in [0.5, 0.6) is 5.75 Å². The van der Waals surface area contributed by atoms with E-state index in [-0.39, 0.29) is 11.9 Å². The van der Waals surface area contributed by atoms with E-state index in [2.05, 4.69) is 13.8 Å². The minimum atomic E-state index is 0.107. The highest BCUT2D eigenvalue weighted by molar-refractivity contribution is 5.76. The maximum atomic E-state index is 11.9. The highest BCUT2D eigenvalue weighted by Crippen LogP contribution is 2.19. The third-order valence-corrected chi connectivity index (χ3v) is 3.25. The number of hydrogen-bond acceptors (Lipinski definition) is 3. The van der Waals surface area contributed by atoms with Crippen LogP contribution in [0.2, 0.25) is 0 Å². The van der Waals surface area contributed by atoms with Gasteiger partial charge in [0, 0.05) is 13.1 Å². The molecule has 2 N–H and O–H groups in total. The number of amides is 1. The number of hydrogen-bond donors (Lipinski definition) is 1. The molecule has 0 saturated carbocycles. The molecule has 0 aliphatic heterocycles. The molecule has 0 saturated heterocycles. The van der Waals surface area contributed by atoms with Gasteiger partial charge < -0.3 is 15.4 Å². The fraction of sp³-hybridized carbons (Fsp3) is 0.533. The second-order valence-corrected chi connectivity index (χ2v) is 4.78. The van der Waals surface area contributed by atoms with Crippen LogP contribution in [0.25, 0.3) is 0 Å². The fourth-order valence-corrected chi connectivity index (χ4v) is 1.89. The standard InChI is InChI=1S/C15H24N2O2/c1-4-7-12(2)17(3)15(18)10-11-19-14-9-6-5-8-13(14)16/h5-6,8-9,12H,4,7,10-11,16H2,1-3H3. The lowest BCUT2D eigenvalue weighted by Gasteiger charge is -2.24. The zero-order valence-electron chi connectivity index (χ0n) is 12.1. The molecule has 1 unspecified atom stereocenters. The van der Waals surface area contributed by atoms with Gasteiger partial charge in [-0.3, -0.25) is 4.79 Å². The quantitative estimate of drug-likeness (QED) is 0.770. The van der Waals surface area contributed by atoms with Crippen molar-refractivity contribution in [2.24, 2.45) is 0 Å². The first-order valence-corrected chi connectivity index (χ1v) is 6.79. The summed E-state index contributed by atoms with van der Waals surface area (Å²) in [7, 11) is 1.85. The summed E-state index contributed by atoms with van der Waals surface area (Å²) in [5.74, 6) is 0.745. The molecular formula is C15H24N2O2. The van der Waals surface area contributed by atoms with Crippen LogP contribution < -0.4 is 10.5 Å². The predicted molar refractivity (Wildman–Crippen MR) is 78.1 cm³/mol. The number of nitrogens with zero attached hydrogens (tertiary/aromatic N) is 1. The molecule has 4 heteroatoms. The summed E-state index contributed by atoms with van der Waals surface area (Å²) in [6.45, 7) is 4.55. The van der Waals surface area contributed by atoms with Gasteiger partial charge in [-0.1, -0.05) is 25.5 Å². The molecule has 0 heterocycles. The van der Waals surface area contributed by atoms with Crippen LogP contribution in [0, 0.1) is 0 Å². The van der Waals surface area contributed by atoms with Crippen molar-refractivity contribution in [3.63, 3.8) is 0 Å². The van der Waals surface area contributed by atoms with E-state index in [1.54, 1.807) is 11.0 Å². The van der Waals surface area contributed by atoms with Gasteiger partial charge in [0.15, 0.2) is 0 Å². The molecule has 1 atom stereocenters. The molecule has 0 aliphatic carbocycles. The summed E-state index contributed by atoms with van der Waals surface area (Å²) in [6, 6.07) is 7.59. The lowest BCUT2D eigenvalue weighted by atomic mass is 10.1. The first-order valence-electron chi connectivity index (χ1n) is 6.79. The van der Waals surface area contributed by atoms with Gasteiger partial charge in [-0.25, -0.2) is 0 Å². The number of ether oxygens (including phenoxy) is 1. The number of carbonyl (C=O) groups excluding carboxylic acids is 1. The minimum Gasteiger partial charge on any atom is -0.491 e. The number of nitrogens with two attached hydrogens (primary N) is 1. The Morgan fingerprint density at radius 1 is 1.42 bits per heavy atom. The Balaban J connectivity index is 2.37. The largest absolute Gasteiger partial charge is 0.491 e. The van der Waals surface area contributed by atoms with Crippen LogP contribution in [0.3, 0.4) is 0 Å². The number of carbonyl (C=O) groups is 1. The molecule has 0 spiro atoms. The van der Waals surface area contributed by atoms with Gasteiger partial charge in [0.25, 0.3) is 0 Å². The van der Waals surface area contributed by atoms with E-state index in [0.29, 0.717) is 24.5 Å². The Labute approximate surface area is 115 Å². The Kier molecular flexibility index (Phi) is 6.19. The van der Waals surface area contributed by atoms with E-state index in [1.807, 2.05) is 25.2 Å². The van der Waals surface area contributed by atoms with Crippen LogP contribution in [0.4, 0.5) is 5.69 Å². The Morgan fingerprint density at radius 3 is 2.74 bits per heavy atom. The van der Waals surface area contributed by atoms with Gasteiger partial charge in [-0.2, -0.15) is 0 Å². The number of nitrogen functional groups attached to an aromatic ring is 1. The number of rotatable bonds is 7. The third kappa shape index (κ3) is 4.81. The molecule has 19 heavy (non-hydrogen) atoms. The van der Waals surface area contributed by atoms with Gasteiger partial charge in [-0.15, -0.1) is 0 Å². The summed E-state index contributed by atoms with van der Waals surface area (Å²) in [4.78, 5) is 13.7. The molecule has 0 radical (unpaired) electrons. The lowest BCUT2D eigenvalue weighted by Crippen LogP contribution is -2.35. The maximum Gasteiger partial charge on any atom is 0.225 e. The van der Waals surface area contributed by atoms with E-state index in [9.17, 15) is 4.79 Å². The highest BCUT2D eigenvalue weighted by Gasteiger charge is 2.14. The van der Waals surface area contributed by atoms with Crippen molar-refractivity contribution in [2.45, 2.75) is 39.2 Å². The average Bonchev–Trinajstić information content (AvgIpc) is 2.40. The summed E-state index contributed by atoms with van der Waals surface area (Å²) >= 11 is 0. The van der Waals surface area contributed by atoms with Crippen LogP contribution in [-0.4, -0.2) is 30.5 Å². The van der Waals surface area contributed by atoms with Crippen molar-refractivity contribution >= 4 is 11.6 Å². The molecule has 1 amide bonds. The second-order valence-electron chi connectivity index (χ2n) is 4.78. The first kappa shape index (κ1) is 15.3. The molecule has 0 bridgehead atoms. The van der Waals surface area contributed by atoms with Gasteiger partial charge in [0.1, 0.15) is 5.75 Å². The van der Waals surface area contributed by atoms with Gasteiger partial charge in [0.2, 0.25) is 5.91 Å². The van der Waals surface area contributed by atoms with E-state index in [0.717, 1.165) is 12.8 Å². The van der Waals surface area contributed by atoms with Gasteiger partial charge in [0.05, 0.1) is 18.7 Å². The topological polar surface area (TPSA) is 55.6 Å². The van der Waals surface area contributed by atoms with Crippen molar-refractivity contribution < 1.29 is 9.53 Å². The summed E-state index contributed by atoms with van der Waals surface area (Å²) in [5, 5.41) is 0. The molecule has 1 aromatic rings. The molecule has 0 fully saturated rings. The minimum absolute atomic E-state index is 0.107. The third-order valence-electron chi connectivity index (χ3n) is 3.25. The summed E-state index contributed by atoms with van der Waals surface area (Å²) in [5.41, 5.74) is 6.36. The average molecular weight is 264 g/mol. The van der Waals surface area contributed by atoms with Crippen LogP contribution in [0.15, 0.2) is 24.3 Å². The van der Waals surface area contributed by atoms with Crippen molar-refractivity contribution in [1.29, 1.82) is 0 Å². The van der Waals surface area contributed by atoms with Crippen molar-refractivity contribution in [3.8, 4) is 5.75 Å². The maximum absolute atomic E-state index is 11.9. The predicted octanol–water partition coefficient (Wildman–Crippen LogP) is 2.68. The second kappa shape index (κ2) is 7.67. The molecule has 106 valence electrons. The molecular weight excluding hydrogens is 240 g/mol. The van der Waals surface area contributed by atoms with E-state index < -0.39 is 0 Å². The van der Waals surface area contributed by atoms with Gasteiger partial charge >= 0.3 is 0 Å². The van der Waals surface area contributed by atoms with Gasteiger partial charge in [-0.05, 0) is 25.5 Å². The summed E-state index contributed by atoms with van der Waals surface area (Å²) in [6.07, 6.45) is 2.48. The Bertz CT molecular complexity index is 407. The molecule has 0 aliphatic rings. The zero-order chi connectivity index (χ0) is 14.3. The number of anilines is 1. The zero-order valence-corrected chi connectivity index (χ0v) is 12.1. The van der Waals surface area contributed by atoms with Crippen molar-refractivity contribution in [2.75, 3.05) is 19.4 Å². The van der Waals surface area contributed by atoms with Crippen LogP contribution in [0.1, 0.15) is 33.1 Å². The van der Waals surface area contributed by atoms with E-state index in [1.165, 1.54) is 0 Å². The Morgan fingerprint density at radius 2 is 2.11 bits per heavy atom. The molecule has 4 nitrogen and oxygen atoms in total. The van der Waals surface area contributed by atoms with E-state index in [4.69, 9.17) is 10.5 Å². The first-order chi connectivity index (χ1) is 9.06. The van der Waals surface area contributed by atoms with Crippen molar-refractivity contribution in [1.82, 2.24) is 4.90 Å². The smallest absolute Gasteiger partial charge is 0.225 e. The SMILES string of the molecule is CCCC(C)N(C)C(=O)CCOc1ccccc1N. The normalized spacial score (nSPS) is 11.9. The lowest BCUT2D eigenvalue weighted by molar-refractivity contribution is -0.132. The van der Waals surface area contributed by atoms with E-state index >= 15 is 0 Å². The van der Waals surface area contributed by atoms with Crippen LogP contribution >= 0.6 is 0 Å². The van der Waals surface area contributed by atoms with Crippen molar-refractivity contribution in [3.05, 3.63) is 24.3 Å². The molecule has 1 aromatic carbocycles.